The largest absolute Gasteiger partial charge is 0.361 e. The third-order valence-electron chi connectivity index (χ3n) is 5.25. The van der Waals surface area contributed by atoms with Crippen molar-refractivity contribution in [3.05, 3.63) is 77.5 Å². The number of benzene rings is 1. The molecule has 4 heterocycles. The molecule has 0 spiro atoms. The van der Waals surface area contributed by atoms with Crippen LogP contribution < -0.4 is 0 Å². The Bertz CT molecular complexity index is 1100. The number of H-pyrrole nitrogens is 1. The van der Waals surface area contributed by atoms with Crippen molar-refractivity contribution in [1.29, 1.82) is 0 Å². The molecule has 0 bridgehead atoms. The molecule has 4 aromatic rings. The first-order chi connectivity index (χ1) is 13.3. The second-order valence-electron chi connectivity index (χ2n) is 7.23. The van der Waals surface area contributed by atoms with Crippen LogP contribution in [0.15, 0.2) is 55.1 Å². The van der Waals surface area contributed by atoms with Gasteiger partial charge in [0.15, 0.2) is 5.82 Å². The Morgan fingerprint density at radius 3 is 3.04 bits per heavy atom. The Morgan fingerprint density at radius 2 is 2.15 bits per heavy atom. The van der Waals surface area contributed by atoms with Crippen LogP contribution in [0.3, 0.4) is 0 Å². The van der Waals surface area contributed by atoms with Gasteiger partial charge in [0.2, 0.25) is 0 Å². The number of aryl methyl sites for hydroxylation is 1. The van der Waals surface area contributed by atoms with E-state index in [1.165, 1.54) is 27.6 Å². The van der Waals surface area contributed by atoms with E-state index in [-0.39, 0.29) is 0 Å². The highest BCUT2D eigenvalue weighted by Gasteiger charge is 2.20. The van der Waals surface area contributed by atoms with Crippen LogP contribution >= 0.6 is 0 Å². The van der Waals surface area contributed by atoms with Crippen LogP contribution in [0.1, 0.15) is 22.4 Å². The van der Waals surface area contributed by atoms with Gasteiger partial charge in [-0.1, -0.05) is 11.6 Å². The fraction of sp³-hybridized carbons (Fsp3) is 0.227. The van der Waals surface area contributed by atoms with Gasteiger partial charge in [0, 0.05) is 72.9 Å². The highest BCUT2D eigenvalue weighted by Crippen LogP contribution is 2.25. The van der Waals surface area contributed by atoms with Crippen molar-refractivity contribution in [3.63, 3.8) is 0 Å². The van der Waals surface area contributed by atoms with Crippen LogP contribution in [0.5, 0.6) is 0 Å². The van der Waals surface area contributed by atoms with E-state index in [2.05, 4.69) is 51.2 Å². The molecule has 0 atom stereocenters. The van der Waals surface area contributed by atoms with E-state index < -0.39 is 0 Å². The number of aromatic nitrogens is 4. The molecule has 0 amide bonds. The fourth-order valence-corrected chi connectivity index (χ4v) is 3.81. The molecule has 0 aliphatic carbocycles. The van der Waals surface area contributed by atoms with Crippen molar-refractivity contribution >= 4 is 10.9 Å². The number of hydrogen-bond acceptors (Lipinski definition) is 4. The molecule has 5 heteroatoms. The van der Waals surface area contributed by atoms with Crippen molar-refractivity contribution in [2.75, 3.05) is 6.54 Å². The van der Waals surface area contributed by atoms with Gasteiger partial charge < -0.3 is 4.98 Å². The first-order valence-electron chi connectivity index (χ1n) is 9.30. The van der Waals surface area contributed by atoms with Gasteiger partial charge in [-0.15, -0.1) is 0 Å². The summed E-state index contributed by atoms with van der Waals surface area (Å²) in [6, 6.07) is 10.5. The number of nitrogens with zero attached hydrogens (tertiary/aromatic N) is 4. The van der Waals surface area contributed by atoms with Gasteiger partial charge in [0.25, 0.3) is 0 Å². The summed E-state index contributed by atoms with van der Waals surface area (Å²) < 4.78 is 0. The average molecular weight is 355 g/mol. The zero-order chi connectivity index (χ0) is 18.2. The van der Waals surface area contributed by atoms with E-state index in [1.54, 1.807) is 6.20 Å². The van der Waals surface area contributed by atoms with Crippen LogP contribution in [0, 0.1) is 6.92 Å². The van der Waals surface area contributed by atoms with Crippen LogP contribution in [0.25, 0.3) is 22.3 Å². The van der Waals surface area contributed by atoms with Gasteiger partial charge in [-0.2, -0.15) is 0 Å². The summed E-state index contributed by atoms with van der Waals surface area (Å²) >= 11 is 0. The Balaban J connectivity index is 1.37. The molecule has 0 saturated heterocycles. The third kappa shape index (κ3) is 3.11. The van der Waals surface area contributed by atoms with Crippen LogP contribution in [-0.4, -0.2) is 31.4 Å². The van der Waals surface area contributed by atoms with Gasteiger partial charge in [0.1, 0.15) is 0 Å². The number of rotatable bonds is 3. The Hall–Kier alpha value is -3.05. The molecule has 3 aromatic heterocycles. The van der Waals surface area contributed by atoms with E-state index in [9.17, 15) is 0 Å². The van der Waals surface area contributed by atoms with Gasteiger partial charge >= 0.3 is 0 Å². The van der Waals surface area contributed by atoms with E-state index in [0.717, 1.165) is 43.1 Å². The minimum Gasteiger partial charge on any atom is -0.361 e. The first-order valence-corrected chi connectivity index (χ1v) is 9.30. The summed E-state index contributed by atoms with van der Waals surface area (Å²) in [4.78, 5) is 19.4. The van der Waals surface area contributed by atoms with Gasteiger partial charge in [0.05, 0.1) is 5.69 Å². The molecule has 5 rings (SSSR count). The quantitative estimate of drug-likeness (QED) is 0.606. The average Bonchev–Trinajstić information content (AvgIpc) is 3.10. The first kappa shape index (κ1) is 16.1. The minimum atomic E-state index is 0.766. The summed E-state index contributed by atoms with van der Waals surface area (Å²) in [5.74, 6) is 0.766. The third-order valence-corrected chi connectivity index (χ3v) is 5.25. The molecule has 1 N–H and O–H groups in total. The molecule has 0 fully saturated rings. The Labute approximate surface area is 158 Å². The standard InChI is InChI=1S/C22H21N5/c1-15-4-5-21-19(9-15)17(11-24-21)13-27-8-6-20-18(14-27)12-25-22(26-20)16-3-2-7-23-10-16/h2-5,7,9-12,24H,6,8,13-14H2,1H3. The summed E-state index contributed by atoms with van der Waals surface area (Å²) in [7, 11) is 0. The SMILES string of the molecule is Cc1ccc2[nH]cc(CN3CCc4nc(-c5cccnc5)ncc4C3)c2c1. The predicted octanol–water partition coefficient (Wildman–Crippen LogP) is 3.89. The Morgan fingerprint density at radius 1 is 1.19 bits per heavy atom. The van der Waals surface area contributed by atoms with Crippen LogP contribution in [0.2, 0.25) is 0 Å². The summed E-state index contributed by atoms with van der Waals surface area (Å²) in [6.45, 7) is 4.98. The number of nitrogens with one attached hydrogen (secondary N) is 1. The van der Waals surface area contributed by atoms with Gasteiger partial charge in [-0.3, -0.25) is 9.88 Å². The van der Waals surface area contributed by atoms with Crippen LogP contribution in [0.4, 0.5) is 0 Å². The van der Waals surface area contributed by atoms with Gasteiger partial charge in [-0.25, -0.2) is 9.97 Å². The van der Waals surface area contributed by atoms with Crippen molar-refractivity contribution in [2.24, 2.45) is 0 Å². The molecule has 27 heavy (non-hydrogen) atoms. The highest BCUT2D eigenvalue weighted by atomic mass is 15.1. The van der Waals surface area contributed by atoms with Crippen molar-refractivity contribution in [1.82, 2.24) is 24.8 Å². The molecular formula is C22H21N5. The second kappa shape index (κ2) is 6.59. The molecule has 134 valence electrons. The van der Waals surface area contributed by atoms with Crippen molar-refractivity contribution < 1.29 is 0 Å². The maximum atomic E-state index is 4.79. The molecule has 0 saturated carbocycles. The van der Waals surface area contributed by atoms with E-state index in [0.29, 0.717) is 0 Å². The smallest absolute Gasteiger partial charge is 0.160 e. The number of pyridine rings is 1. The minimum absolute atomic E-state index is 0.766. The number of hydrogen-bond donors (Lipinski definition) is 1. The van der Waals surface area contributed by atoms with Crippen LogP contribution in [-0.2, 0) is 19.5 Å². The lowest BCUT2D eigenvalue weighted by Gasteiger charge is -2.27. The lowest BCUT2D eigenvalue weighted by Crippen LogP contribution is -2.30. The molecular weight excluding hydrogens is 334 g/mol. The number of aromatic amines is 1. The molecule has 5 nitrogen and oxygen atoms in total. The summed E-state index contributed by atoms with van der Waals surface area (Å²) in [5, 5.41) is 1.32. The normalized spacial score (nSPS) is 14.4. The second-order valence-corrected chi connectivity index (χ2v) is 7.23. The lowest BCUT2D eigenvalue weighted by molar-refractivity contribution is 0.244. The molecule has 0 radical (unpaired) electrons. The topological polar surface area (TPSA) is 57.7 Å². The van der Waals surface area contributed by atoms with E-state index in [1.807, 2.05) is 24.5 Å². The maximum absolute atomic E-state index is 4.79. The maximum Gasteiger partial charge on any atom is 0.160 e. The molecule has 1 aliphatic heterocycles. The van der Waals surface area contributed by atoms with Gasteiger partial charge in [-0.05, 0) is 36.8 Å². The van der Waals surface area contributed by atoms with Crippen molar-refractivity contribution in [3.8, 4) is 11.4 Å². The van der Waals surface area contributed by atoms with E-state index >= 15 is 0 Å². The highest BCUT2D eigenvalue weighted by molar-refractivity contribution is 5.83. The van der Waals surface area contributed by atoms with E-state index in [4.69, 9.17) is 4.98 Å². The lowest BCUT2D eigenvalue weighted by atomic mass is 10.1. The fourth-order valence-electron chi connectivity index (χ4n) is 3.81. The zero-order valence-corrected chi connectivity index (χ0v) is 15.3. The zero-order valence-electron chi connectivity index (χ0n) is 15.3. The molecule has 0 unspecified atom stereocenters. The Kier molecular flexibility index (Phi) is 3.94. The summed E-state index contributed by atoms with van der Waals surface area (Å²) in [5.41, 5.74) is 7.21. The molecule has 1 aliphatic rings. The molecule has 1 aromatic carbocycles. The predicted molar refractivity (Wildman–Crippen MR) is 106 cm³/mol. The monoisotopic (exact) mass is 355 g/mol. The number of fused-ring (bicyclic) bond motifs is 2. The summed E-state index contributed by atoms with van der Waals surface area (Å²) in [6.07, 6.45) is 8.66. The van der Waals surface area contributed by atoms with Crippen molar-refractivity contribution in [2.45, 2.75) is 26.4 Å².